The van der Waals surface area contributed by atoms with Crippen LogP contribution in [0, 0.1) is 10.8 Å². The van der Waals surface area contributed by atoms with Crippen molar-refractivity contribution < 1.29 is 0 Å². The highest BCUT2D eigenvalue weighted by atomic mass is 14.4. The molecule has 0 aromatic carbocycles. The van der Waals surface area contributed by atoms with Gasteiger partial charge in [0.1, 0.15) is 0 Å². The van der Waals surface area contributed by atoms with Gasteiger partial charge in [0.15, 0.2) is 0 Å². The zero-order chi connectivity index (χ0) is 11.4. The summed E-state index contributed by atoms with van der Waals surface area (Å²) in [5.74, 6) is 0. The van der Waals surface area contributed by atoms with Gasteiger partial charge in [-0.15, -0.1) is 0 Å². The molecule has 2 rings (SSSR count). The molecule has 0 saturated carbocycles. The molecular formula is C15H22. The molecular weight excluding hydrogens is 180 g/mol. The zero-order valence-corrected chi connectivity index (χ0v) is 10.9. The van der Waals surface area contributed by atoms with Crippen LogP contribution in [-0.4, -0.2) is 0 Å². The molecule has 0 heteroatoms. The van der Waals surface area contributed by atoms with Crippen LogP contribution in [0.25, 0.3) is 0 Å². The van der Waals surface area contributed by atoms with E-state index in [0.717, 1.165) is 0 Å². The lowest BCUT2D eigenvalue weighted by molar-refractivity contribution is 0.470. The Bertz CT molecular complexity index is 392. The van der Waals surface area contributed by atoms with Crippen molar-refractivity contribution in [2.45, 2.75) is 48.0 Å². The molecule has 82 valence electrons. The second-order valence-corrected chi connectivity index (χ2v) is 6.66. The van der Waals surface area contributed by atoms with Crippen molar-refractivity contribution in [1.29, 1.82) is 0 Å². The zero-order valence-electron chi connectivity index (χ0n) is 10.9. The monoisotopic (exact) mass is 202 g/mol. The second kappa shape index (κ2) is 2.87. The van der Waals surface area contributed by atoms with Gasteiger partial charge in [-0.05, 0) is 40.9 Å². The van der Waals surface area contributed by atoms with Crippen molar-refractivity contribution in [3.63, 3.8) is 0 Å². The van der Waals surface area contributed by atoms with Crippen LogP contribution in [0.2, 0.25) is 0 Å². The van der Waals surface area contributed by atoms with E-state index < -0.39 is 0 Å². The van der Waals surface area contributed by atoms with Gasteiger partial charge in [0.25, 0.3) is 0 Å². The smallest absolute Gasteiger partial charge is 0.00602 e. The molecule has 0 radical (unpaired) electrons. The van der Waals surface area contributed by atoms with Gasteiger partial charge in [-0.2, -0.15) is 0 Å². The van der Waals surface area contributed by atoms with Crippen molar-refractivity contribution >= 4 is 0 Å². The highest BCUT2D eigenvalue weighted by Crippen LogP contribution is 2.51. The van der Waals surface area contributed by atoms with Crippen molar-refractivity contribution in [2.75, 3.05) is 0 Å². The summed E-state index contributed by atoms with van der Waals surface area (Å²) in [7, 11) is 0. The fourth-order valence-corrected chi connectivity index (χ4v) is 2.71. The van der Waals surface area contributed by atoms with E-state index in [1.807, 2.05) is 0 Å². The maximum Gasteiger partial charge on any atom is -0.00602 e. The molecule has 0 nitrogen and oxygen atoms in total. The van der Waals surface area contributed by atoms with E-state index in [-0.39, 0.29) is 5.41 Å². The van der Waals surface area contributed by atoms with Crippen LogP contribution >= 0.6 is 0 Å². The largest absolute Gasteiger partial charge is 0.0649 e. The fourth-order valence-electron chi connectivity index (χ4n) is 2.71. The van der Waals surface area contributed by atoms with Crippen molar-refractivity contribution in [1.82, 2.24) is 0 Å². The molecule has 0 atom stereocenters. The van der Waals surface area contributed by atoms with Crippen LogP contribution in [-0.2, 0) is 0 Å². The Morgan fingerprint density at radius 1 is 1.13 bits per heavy atom. The summed E-state index contributed by atoms with van der Waals surface area (Å²) in [6.07, 6.45) is 6.05. The van der Waals surface area contributed by atoms with Gasteiger partial charge >= 0.3 is 0 Å². The minimum Gasteiger partial charge on any atom is -0.0649 e. The topological polar surface area (TPSA) is 0 Å². The van der Waals surface area contributed by atoms with Gasteiger partial charge < -0.3 is 0 Å². The Morgan fingerprint density at radius 2 is 1.73 bits per heavy atom. The predicted molar refractivity (Wildman–Crippen MR) is 66.7 cm³/mol. The van der Waals surface area contributed by atoms with E-state index in [1.165, 1.54) is 17.6 Å². The van der Waals surface area contributed by atoms with Gasteiger partial charge in [-0.3, -0.25) is 0 Å². The normalized spacial score (nSPS) is 24.1. The average molecular weight is 202 g/mol. The van der Waals surface area contributed by atoms with Crippen molar-refractivity contribution in [3.8, 4) is 0 Å². The van der Waals surface area contributed by atoms with Crippen LogP contribution in [0.5, 0.6) is 0 Å². The molecule has 15 heavy (non-hydrogen) atoms. The lowest BCUT2D eigenvalue weighted by atomic mass is 9.82. The van der Waals surface area contributed by atoms with Crippen LogP contribution in [0.4, 0.5) is 0 Å². The first-order valence-electron chi connectivity index (χ1n) is 5.86. The predicted octanol–water partition coefficient (Wildman–Crippen LogP) is 4.65. The number of allylic oxidation sites excluding steroid dienone is 6. The van der Waals surface area contributed by atoms with Gasteiger partial charge in [0, 0.05) is 0 Å². The first-order chi connectivity index (χ1) is 6.72. The summed E-state index contributed by atoms with van der Waals surface area (Å²) in [5.41, 5.74) is 6.75. The third-order valence-electron chi connectivity index (χ3n) is 3.65. The van der Waals surface area contributed by atoms with Gasteiger partial charge in [0.05, 0.1) is 0 Å². The molecule has 0 aliphatic heterocycles. The summed E-state index contributed by atoms with van der Waals surface area (Å²) >= 11 is 0. The summed E-state index contributed by atoms with van der Waals surface area (Å²) in [4.78, 5) is 0. The number of rotatable bonds is 0. The van der Waals surface area contributed by atoms with Crippen LogP contribution < -0.4 is 0 Å². The standard InChI is InChI=1S/C15H22/c1-10-9-15(5,6)13-8-11(7-12(10)13)14(2,3)4/h7-8H,9H2,1-6H3. The van der Waals surface area contributed by atoms with Crippen LogP contribution in [0.15, 0.2) is 34.4 Å². The molecule has 0 heterocycles. The lowest BCUT2D eigenvalue weighted by Gasteiger charge is -2.22. The molecule has 2 aliphatic rings. The van der Waals surface area contributed by atoms with Crippen LogP contribution in [0.3, 0.4) is 0 Å². The fraction of sp³-hybridized carbons (Fsp3) is 0.600. The van der Waals surface area contributed by atoms with E-state index in [2.05, 4.69) is 53.7 Å². The van der Waals surface area contributed by atoms with E-state index in [9.17, 15) is 0 Å². The summed E-state index contributed by atoms with van der Waals surface area (Å²) in [6, 6.07) is 0. The van der Waals surface area contributed by atoms with E-state index in [0.29, 0.717) is 5.41 Å². The van der Waals surface area contributed by atoms with Gasteiger partial charge in [0.2, 0.25) is 0 Å². The summed E-state index contributed by atoms with van der Waals surface area (Å²) < 4.78 is 0. The molecule has 0 N–H and O–H groups in total. The molecule has 0 aromatic rings. The molecule has 0 bridgehead atoms. The second-order valence-electron chi connectivity index (χ2n) is 6.66. The Hall–Kier alpha value is -0.780. The minimum absolute atomic E-state index is 0.278. The van der Waals surface area contributed by atoms with E-state index >= 15 is 0 Å². The van der Waals surface area contributed by atoms with Gasteiger partial charge in [-0.25, -0.2) is 0 Å². The number of hydrogen-bond donors (Lipinski definition) is 0. The molecule has 0 amide bonds. The lowest BCUT2D eigenvalue weighted by Crippen LogP contribution is -2.10. The Morgan fingerprint density at radius 3 is 2.20 bits per heavy atom. The van der Waals surface area contributed by atoms with Gasteiger partial charge in [-0.1, -0.05) is 52.3 Å². The van der Waals surface area contributed by atoms with E-state index in [1.54, 1.807) is 11.1 Å². The highest BCUT2D eigenvalue weighted by Gasteiger charge is 2.37. The first-order valence-corrected chi connectivity index (χ1v) is 5.86. The molecule has 0 fully saturated rings. The molecule has 0 spiro atoms. The highest BCUT2D eigenvalue weighted by molar-refractivity contribution is 5.61. The molecule has 0 aromatic heterocycles. The van der Waals surface area contributed by atoms with Crippen molar-refractivity contribution in [2.24, 2.45) is 10.8 Å². The SMILES string of the molecule is CC1=C2C=C(C(C)(C)C)C=C2C(C)(C)C1. The first kappa shape index (κ1) is 10.7. The third kappa shape index (κ3) is 1.60. The Kier molecular flexibility index (Phi) is 2.05. The Balaban J connectivity index is 2.48. The maximum atomic E-state index is 2.42. The third-order valence-corrected chi connectivity index (χ3v) is 3.65. The minimum atomic E-state index is 0.278. The average Bonchev–Trinajstić information content (AvgIpc) is 2.51. The molecule has 0 saturated heterocycles. The van der Waals surface area contributed by atoms with Crippen molar-refractivity contribution in [3.05, 3.63) is 34.4 Å². The summed E-state index contributed by atoms with van der Waals surface area (Å²) in [6.45, 7) is 13.9. The molecule has 2 aliphatic carbocycles. The maximum absolute atomic E-state index is 2.42. The quantitative estimate of drug-likeness (QED) is 0.536. The van der Waals surface area contributed by atoms with Crippen LogP contribution in [0.1, 0.15) is 48.0 Å². The summed E-state index contributed by atoms with van der Waals surface area (Å²) in [5, 5.41) is 0. The van der Waals surface area contributed by atoms with E-state index in [4.69, 9.17) is 0 Å². The number of hydrogen-bond acceptors (Lipinski definition) is 0. The number of fused-ring (bicyclic) bond motifs is 1. The Labute approximate surface area is 93.8 Å². The molecule has 0 unspecified atom stereocenters.